The summed E-state index contributed by atoms with van der Waals surface area (Å²) in [6, 6.07) is 8.38. The number of nitrogens with one attached hydrogen (secondary N) is 1. The van der Waals surface area contributed by atoms with E-state index < -0.39 is 0 Å². The molecule has 1 aliphatic heterocycles. The summed E-state index contributed by atoms with van der Waals surface area (Å²) in [5, 5.41) is 7.77. The van der Waals surface area contributed by atoms with Crippen LogP contribution in [0.1, 0.15) is 44.6 Å². The summed E-state index contributed by atoms with van der Waals surface area (Å²) in [5.41, 5.74) is 7.27. The zero-order valence-electron chi connectivity index (χ0n) is 16.7. The first-order chi connectivity index (χ1) is 13.3. The fourth-order valence-electron chi connectivity index (χ4n) is 3.70. The van der Waals surface area contributed by atoms with Gasteiger partial charge in [-0.1, -0.05) is 23.8 Å². The van der Waals surface area contributed by atoms with E-state index in [0.29, 0.717) is 17.5 Å². The van der Waals surface area contributed by atoms with E-state index in [1.807, 2.05) is 26.8 Å². The predicted molar refractivity (Wildman–Crippen MR) is 112 cm³/mol. The van der Waals surface area contributed by atoms with Crippen LogP contribution in [-0.4, -0.2) is 31.4 Å². The molecule has 0 spiro atoms. The van der Waals surface area contributed by atoms with Crippen molar-refractivity contribution < 1.29 is 4.79 Å². The lowest BCUT2D eigenvalue weighted by Gasteiger charge is -2.18. The van der Waals surface area contributed by atoms with Crippen LogP contribution >= 0.6 is 11.8 Å². The molecule has 0 bridgehead atoms. The standard InChI is InChI=1S/C21H23N5OS/c1-11-6-7-16(12(2)8-11)19-18-15(5)25-26(20(18)24-17(27)10-28-19)21-22-13(3)9-14(4)23-21/h6-9,19H,10H2,1-5H3,(H,24,27). The van der Waals surface area contributed by atoms with Crippen molar-refractivity contribution in [1.82, 2.24) is 19.7 Å². The third-order valence-corrected chi connectivity index (χ3v) is 6.13. The Kier molecular flexibility index (Phi) is 4.71. The van der Waals surface area contributed by atoms with E-state index in [9.17, 15) is 4.79 Å². The minimum Gasteiger partial charge on any atom is -0.309 e. The molecule has 144 valence electrons. The molecule has 3 aromatic rings. The van der Waals surface area contributed by atoms with Gasteiger partial charge in [-0.25, -0.2) is 9.97 Å². The molecule has 7 heteroatoms. The molecule has 4 rings (SSSR count). The molecule has 1 aliphatic rings. The summed E-state index contributed by atoms with van der Waals surface area (Å²) in [5.74, 6) is 1.50. The SMILES string of the molecule is Cc1ccc(C2SCC(=O)Nc3c2c(C)nn3-c2nc(C)cc(C)n2)c(C)c1. The van der Waals surface area contributed by atoms with Crippen LogP contribution in [0, 0.1) is 34.6 Å². The Bertz CT molecular complexity index is 1070. The fraction of sp³-hybridized carbons (Fsp3) is 0.333. The number of carbonyl (C=O) groups is 1. The molecule has 1 aromatic carbocycles. The second kappa shape index (κ2) is 7.05. The van der Waals surface area contributed by atoms with Crippen molar-refractivity contribution in [2.45, 2.75) is 39.9 Å². The molecular formula is C21H23N5OS. The first-order valence-electron chi connectivity index (χ1n) is 9.24. The number of hydrogen-bond acceptors (Lipinski definition) is 5. The maximum Gasteiger partial charge on any atom is 0.252 e. The van der Waals surface area contributed by atoms with E-state index in [4.69, 9.17) is 5.10 Å². The largest absolute Gasteiger partial charge is 0.309 e. The van der Waals surface area contributed by atoms with E-state index in [1.54, 1.807) is 16.4 Å². The quantitative estimate of drug-likeness (QED) is 0.713. The molecule has 0 fully saturated rings. The molecule has 1 atom stereocenters. The molecule has 1 amide bonds. The van der Waals surface area contributed by atoms with Crippen LogP contribution < -0.4 is 5.32 Å². The average molecular weight is 394 g/mol. The van der Waals surface area contributed by atoms with Crippen molar-refractivity contribution in [3.63, 3.8) is 0 Å². The minimum absolute atomic E-state index is 0.0224. The molecule has 2 aromatic heterocycles. The summed E-state index contributed by atoms with van der Waals surface area (Å²) in [4.78, 5) is 21.6. The lowest BCUT2D eigenvalue weighted by molar-refractivity contribution is -0.113. The molecular weight excluding hydrogens is 370 g/mol. The van der Waals surface area contributed by atoms with Crippen LogP contribution in [0.4, 0.5) is 5.82 Å². The van der Waals surface area contributed by atoms with E-state index >= 15 is 0 Å². The topological polar surface area (TPSA) is 72.7 Å². The summed E-state index contributed by atoms with van der Waals surface area (Å²) < 4.78 is 1.67. The van der Waals surface area contributed by atoms with E-state index in [2.05, 4.69) is 47.3 Å². The van der Waals surface area contributed by atoms with Crippen LogP contribution in [0.25, 0.3) is 5.95 Å². The number of aryl methyl sites for hydroxylation is 5. The maximum absolute atomic E-state index is 12.5. The number of aromatic nitrogens is 4. The van der Waals surface area contributed by atoms with Gasteiger partial charge in [0, 0.05) is 17.0 Å². The normalized spacial score (nSPS) is 16.5. The van der Waals surface area contributed by atoms with Crippen molar-refractivity contribution in [3.8, 4) is 5.95 Å². The lowest BCUT2D eigenvalue weighted by Crippen LogP contribution is -2.17. The van der Waals surface area contributed by atoms with Crippen LogP contribution in [0.15, 0.2) is 24.3 Å². The number of carbonyl (C=O) groups excluding carboxylic acids is 1. The Morgan fingerprint density at radius 1 is 1.07 bits per heavy atom. The van der Waals surface area contributed by atoms with Gasteiger partial charge in [0.15, 0.2) is 0 Å². The van der Waals surface area contributed by atoms with E-state index in [0.717, 1.165) is 22.6 Å². The molecule has 28 heavy (non-hydrogen) atoms. The highest BCUT2D eigenvalue weighted by atomic mass is 32.2. The number of thioether (sulfide) groups is 1. The van der Waals surface area contributed by atoms with Gasteiger partial charge in [0.1, 0.15) is 5.82 Å². The minimum atomic E-state index is -0.0379. The van der Waals surface area contributed by atoms with Crippen LogP contribution in [0.5, 0.6) is 0 Å². The third-order valence-electron chi connectivity index (χ3n) is 4.88. The molecule has 1 unspecified atom stereocenters. The first kappa shape index (κ1) is 18.7. The number of rotatable bonds is 2. The van der Waals surface area contributed by atoms with Gasteiger partial charge in [-0.2, -0.15) is 9.78 Å². The van der Waals surface area contributed by atoms with Crippen LogP contribution in [-0.2, 0) is 4.79 Å². The maximum atomic E-state index is 12.5. The van der Waals surface area contributed by atoms with Crippen molar-refractivity contribution in [1.29, 1.82) is 0 Å². The molecule has 3 heterocycles. The lowest BCUT2D eigenvalue weighted by atomic mass is 9.98. The molecule has 0 aliphatic carbocycles. The molecule has 0 radical (unpaired) electrons. The Morgan fingerprint density at radius 3 is 2.46 bits per heavy atom. The smallest absolute Gasteiger partial charge is 0.252 e. The zero-order valence-corrected chi connectivity index (χ0v) is 17.5. The van der Waals surface area contributed by atoms with Crippen molar-refractivity contribution in [2.75, 3.05) is 11.1 Å². The number of nitrogens with zero attached hydrogens (tertiary/aromatic N) is 4. The number of benzene rings is 1. The summed E-state index contributed by atoms with van der Waals surface area (Å²) in [6.45, 7) is 10.1. The highest BCUT2D eigenvalue weighted by Crippen LogP contribution is 2.44. The fourth-order valence-corrected chi connectivity index (χ4v) is 4.98. The predicted octanol–water partition coefficient (Wildman–Crippen LogP) is 3.98. The molecule has 1 N–H and O–H groups in total. The summed E-state index contributed by atoms with van der Waals surface area (Å²) >= 11 is 1.63. The number of hydrogen-bond donors (Lipinski definition) is 1. The Balaban J connectivity index is 1.92. The Labute approximate surface area is 168 Å². The van der Waals surface area contributed by atoms with E-state index in [-0.39, 0.29) is 11.2 Å². The highest BCUT2D eigenvalue weighted by molar-refractivity contribution is 8.00. The van der Waals surface area contributed by atoms with Gasteiger partial charge >= 0.3 is 0 Å². The van der Waals surface area contributed by atoms with Gasteiger partial charge in [0.05, 0.1) is 16.7 Å². The van der Waals surface area contributed by atoms with Crippen molar-refractivity contribution in [3.05, 3.63) is 63.6 Å². The Morgan fingerprint density at radius 2 is 1.79 bits per heavy atom. The van der Waals surface area contributed by atoms with Crippen molar-refractivity contribution >= 4 is 23.5 Å². The van der Waals surface area contributed by atoms with Crippen molar-refractivity contribution in [2.24, 2.45) is 0 Å². The number of amides is 1. The average Bonchev–Trinajstić information content (AvgIpc) is 2.81. The highest BCUT2D eigenvalue weighted by Gasteiger charge is 2.31. The third kappa shape index (κ3) is 3.30. The summed E-state index contributed by atoms with van der Waals surface area (Å²) in [7, 11) is 0. The van der Waals surface area contributed by atoms with Gasteiger partial charge in [-0.15, -0.1) is 11.8 Å². The zero-order chi connectivity index (χ0) is 20.0. The van der Waals surface area contributed by atoms with Gasteiger partial charge in [0.25, 0.3) is 5.95 Å². The first-order valence-corrected chi connectivity index (χ1v) is 10.3. The second-order valence-electron chi connectivity index (χ2n) is 7.31. The van der Waals surface area contributed by atoms with Gasteiger partial charge in [-0.3, -0.25) is 4.79 Å². The van der Waals surface area contributed by atoms with Gasteiger partial charge < -0.3 is 5.32 Å². The van der Waals surface area contributed by atoms with Gasteiger partial charge in [-0.05, 0) is 51.8 Å². The number of anilines is 1. The molecule has 0 saturated heterocycles. The molecule has 6 nitrogen and oxygen atoms in total. The monoisotopic (exact) mass is 393 g/mol. The van der Waals surface area contributed by atoms with Gasteiger partial charge in [0.2, 0.25) is 5.91 Å². The molecule has 0 saturated carbocycles. The summed E-state index contributed by atoms with van der Waals surface area (Å²) in [6.07, 6.45) is 0. The Hall–Kier alpha value is -2.67. The van der Waals surface area contributed by atoms with Crippen LogP contribution in [0.2, 0.25) is 0 Å². The van der Waals surface area contributed by atoms with E-state index in [1.165, 1.54) is 16.7 Å². The second-order valence-corrected chi connectivity index (χ2v) is 8.40. The van der Waals surface area contributed by atoms with Crippen LogP contribution in [0.3, 0.4) is 0 Å². The number of fused-ring (bicyclic) bond motifs is 1.